The van der Waals surface area contributed by atoms with Crippen LogP contribution in [0, 0.1) is 0 Å². The minimum absolute atomic E-state index is 0.0199. The topological polar surface area (TPSA) is 150 Å². The van der Waals surface area contributed by atoms with Crippen molar-refractivity contribution < 1.29 is 18.0 Å². The zero-order valence-electron chi connectivity index (χ0n) is 17.2. The van der Waals surface area contributed by atoms with Crippen LogP contribution in [-0.2, 0) is 10.0 Å². The smallest absolute Gasteiger partial charge is 0.280 e. The van der Waals surface area contributed by atoms with Crippen LogP contribution < -0.4 is 21.1 Å². The highest BCUT2D eigenvalue weighted by Gasteiger charge is 2.18. The fourth-order valence-corrected chi connectivity index (χ4v) is 4.39. The molecule has 0 aliphatic heterocycles. The molecule has 0 bridgehead atoms. The van der Waals surface area contributed by atoms with E-state index in [4.69, 9.17) is 11.6 Å². The zero-order valence-corrected chi connectivity index (χ0v) is 18.8. The summed E-state index contributed by atoms with van der Waals surface area (Å²) in [5, 5.41) is 6.90. The van der Waals surface area contributed by atoms with E-state index in [0.29, 0.717) is 10.4 Å². The lowest BCUT2D eigenvalue weighted by Crippen LogP contribution is -2.42. The van der Waals surface area contributed by atoms with E-state index in [1.54, 1.807) is 30.3 Å². The number of hydrazine groups is 1. The molecule has 0 radical (unpaired) electrons. The second-order valence-corrected chi connectivity index (χ2v) is 9.12. The molecule has 0 aliphatic rings. The quantitative estimate of drug-likeness (QED) is 0.311. The van der Waals surface area contributed by atoms with Crippen molar-refractivity contribution in [3.63, 3.8) is 0 Å². The van der Waals surface area contributed by atoms with Crippen LogP contribution >= 0.6 is 11.6 Å². The number of rotatable bonds is 5. The van der Waals surface area contributed by atoms with Gasteiger partial charge in [0.25, 0.3) is 27.4 Å². The fourth-order valence-electron chi connectivity index (χ4n) is 3.10. The van der Waals surface area contributed by atoms with Gasteiger partial charge >= 0.3 is 0 Å². The van der Waals surface area contributed by atoms with Gasteiger partial charge in [0.05, 0.1) is 16.0 Å². The Kier molecular flexibility index (Phi) is 6.30. The first kappa shape index (κ1) is 23.0. The number of carbonyl (C=O) groups is 2. The minimum atomic E-state index is -4.01. The summed E-state index contributed by atoms with van der Waals surface area (Å²) in [5.41, 5.74) is 4.10. The van der Waals surface area contributed by atoms with Gasteiger partial charge in [-0.25, -0.2) is 13.5 Å². The van der Waals surface area contributed by atoms with Gasteiger partial charge in [-0.05, 0) is 42.5 Å². The number of nitrogens with zero attached hydrogens (tertiary/aromatic N) is 1. The standard InChI is InChI=1S/C22H16ClN5O5S/c23-14-6-4-7-15(12-14)28-34(32,33)16-8-3-5-13(11-16)20(29)25-27-22(31)19-17-9-1-2-10-18(17)21(30)26-24-19/h1-12,28H,(H,25,29)(H,26,30)(H,27,31). The molecule has 4 rings (SSSR count). The first-order valence-electron chi connectivity index (χ1n) is 9.71. The highest BCUT2D eigenvalue weighted by Crippen LogP contribution is 2.20. The van der Waals surface area contributed by atoms with Crippen LogP contribution in [0.25, 0.3) is 10.8 Å². The van der Waals surface area contributed by atoms with Crippen molar-refractivity contribution in [2.24, 2.45) is 0 Å². The van der Waals surface area contributed by atoms with Gasteiger partial charge < -0.3 is 0 Å². The van der Waals surface area contributed by atoms with E-state index in [-0.39, 0.29) is 27.2 Å². The minimum Gasteiger partial charge on any atom is -0.280 e. The van der Waals surface area contributed by atoms with Crippen LogP contribution in [0.1, 0.15) is 20.8 Å². The van der Waals surface area contributed by atoms with Crippen LogP contribution in [0.4, 0.5) is 5.69 Å². The summed E-state index contributed by atoms with van der Waals surface area (Å²) in [6.45, 7) is 0. The molecule has 0 unspecified atom stereocenters. The average Bonchev–Trinajstić information content (AvgIpc) is 2.82. The number of halogens is 1. The average molecular weight is 498 g/mol. The lowest BCUT2D eigenvalue weighted by molar-refractivity contribution is 0.0844. The Bertz CT molecular complexity index is 1590. The molecule has 0 atom stereocenters. The summed E-state index contributed by atoms with van der Waals surface area (Å²) in [6, 6.07) is 17.8. The SMILES string of the molecule is O=C(NNC(=O)c1n[nH]c(=O)c2ccccc12)c1cccc(S(=O)(=O)Nc2cccc(Cl)c2)c1. The summed E-state index contributed by atoms with van der Waals surface area (Å²) >= 11 is 5.89. The van der Waals surface area contributed by atoms with E-state index in [9.17, 15) is 22.8 Å². The molecule has 4 N–H and O–H groups in total. The number of H-pyrrole nitrogens is 1. The van der Waals surface area contributed by atoms with Crippen molar-refractivity contribution >= 4 is 49.9 Å². The van der Waals surface area contributed by atoms with Crippen LogP contribution in [0.3, 0.4) is 0 Å². The van der Waals surface area contributed by atoms with Gasteiger partial charge in [0.2, 0.25) is 0 Å². The van der Waals surface area contributed by atoms with E-state index in [1.165, 1.54) is 36.4 Å². The number of amides is 2. The van der Waals surface area contributed by atoms with Crippen LogP contribution in [-0.4, -0.2) is 30.4 Å². The van der Waals surface area contributed by atoms with Gasteiger partial charge in [0, 0.05) is 16.0 Å². The van der Waals surface area contributed by atoms with Crippen LogP contribution in [0.2, 0.25) is 5.02 Å². The number of aromatic amines is 1. The number of benzene rings is 3. The Hall–Kier alpha value is -4.22. The molecule has 1 heterocycles. The molecule has 4 aromatic rings. The molecular weight excluding hydrogens is 482 g/mol. The van der Waals surface area contributed by atoms with Gasteiger partial charge in [0.1, 0.15) is 0 Å². The molecule has 0 saturated heterocycles. The van der Waals surface area contributed by atoms with Crippen molar-refractivity contribution in [1.29, 1.82) is 0 Å². The molecule has 0 spiro atoms. The molecule has 172 valence electrons. The largest absolute Gasteiger partial charge is 0.290 e. The van der Waals surface area contributed by atoms with Gasteiger partial charge in [0.15, 0.2) is 5.69 Å². The molecular formula is C22H16ClN5O5S. The van der Waals surface area contributed by atoms with E-state index >= 15 is 0 Å². The summed E-state index contributed by atoms with van der Waals surface area (Å²) in [7, 11) is -4.01. The Balaban J connectivity index is 1.49. The molecule has 2 amide bonds. The van der Waals surface area contributed by atoms with E-state index in [1.807, 2.05) is 0 Å². The number of aromatic nitrogens is 2. The molecule has 0 fully saturated rings. The number of nitrogens with one attached hydrogen (secondary N) is 4. The Labute approximate surface area is 198 Å². The van der Waals surface area contributed by atoms with E-state index in [2.05, 4.69) is 25.8 Å². The summed E-state index contributed by atoms with van der Waals surface area (Å²) in [4.78, 5) is 36.8. The Morgan fingerprint density at radius 3 is 2.32 bits per heavy atom. The first-order valence-corrected chi connectivity index (χ1v) is 11.6. The van der Waals surface area contributed by atoms with E-state index < -0.39 is 27.4 Å². The van der Waals surface area contributed by atoms with Crippen LogP contribution in [0.5, 0.6) is 0 Å². The first-order chi connectivity index (χ1) is 16.2. The van der Waals surface area contributed by atoms with Crippen molar-refractivity contribution in [3.8, 4) is 0 Å². The zero-order chi connectivity index (χ0) is 24.3. The van der Waals surface area contributed by atoms with Gasteiger partial charge in [-0.15, -0.1) is 0 Å². The molecule has 34 heavy (non-hydrogen) atoms. The lowest BCUT2D eigenvalue weighted by Gasteiger charge is -2.11. The number of anilines is 1. The Morgan fingerprint density at radius 1 is 0.853 bits per heavy atom. The van der Waals surface area contributed by atoms with Crippen molar-refractivity contribution in [2.75, 3.05) is 4.72 Å². The molecule has 0 saturated carbocycles. The third-order valence-electron chi connectivity index (χ3n) is 4.68. The van der Waals surface area contributed by atoms with Crippen molar-refractivity contribution in [1.82, 2.24) is 21.0 Å². The fraction of sp³-hybridized carbons (Fsp3) is 0. The number of hydrogen-bond acceptors (Lipinski definition) is 6. The van der Waals surface area contributed by atoms with Crippen LogP contribution in [0.15, 0.2) is 82.5 Å². The number of sulfonamides is 1. The maximum absolute atomic E-state index is 12.7. The normalized spacial score (nSPS) is 11.1. The van der Waals surface area contributed by atoms with Gasteiger partial charge in [-0.2, -0.15) is 5.10 Å². The molecule has 10 nitrogen and oxygen atoms in total. The van der Waals surface area contributed by atoms with Crippen molar-refractivity contribution in [2.45, 2.75) is 4.90 Å². The predicted molar refractivity (Wildman–Crippen MR) is 126 cm³/mol. The predicted octanol–water partition coefficient (Wildman–Crippen LogP) is 2.45. The second kappa shape index (κ2) is 9.33. The summed E-state index contributed by atoms with van der Waals surface area (Å²) in [6.07, 6.45) is 0. The van der Waals surface area contributed by atoms with E-state index in [0.717, 1.165) is 6.07 Å². The van der Waals surface area contributed by atoms with Crippen molar-refractivity contribution in [3.05, 3.63) is 99.4 Å². The number of fused-ring (bicyclic) bond motifs is 1. The highest BCUT2D eigenvalue weighted by molar-refractivity contribution is 7.92. The molecule has 1 aromatic heterocycles. The third-order valence-corrected chi connectivity index (χ3v) is 6.30. The molecule has 12 heteroatoms. The number of hydrogen-bond donors (Lipinski definition) is 4. The maximum Gasteiger partial charge on any atom is 0.290 e. The molecule has 0 aliphatic carbocycles. The monoisotopic (exact) mass is 497 g/mol. The Morgan fingerprint density at radius 2 is 1.56 bits per heavy atom. The third kappa shape index (κ3) is 4.90. The lowest BCUT2D eigenvalue weighted by atomic mass is 10.1. The maximum atomic E-state index is 12.7. The van der Waals surface area contributed by atoms with Gasteiger partial charge in [-0.1, -0.05) is 41.9 Å². The second-order valence-electron chi connectivity index (χ2n) is 7.00. The highest BCUT2D eigenvalue weighted by atomic mass is 35.5. The number of carbonyl (C=O) groups excluding carboxylic acids is 2. The molecule has 3 aromatic carbocycles. The summed E-state index contributed by atoms with van der Waals surface area (Å²) in [5.74, 6) is -1.53. The van der Waals surface area contributed by atoms with Gasteiger partial charge in [-0.3, -0.25) is 30.0 Å². The summed E-state index contributed by atoms with van der Waals surface area (Å²) < 4.78 is 27.8.